The van der Waals surface area contributed by atoms with E-state index < -0.39 is 7.82 Å². The maximum Gasteiger partial charge on any atom is 0.466 e. The normalized spacial score (nSPS) is 7.38. The summed E-state index contributed by atoms with van der Waals surface area (Å²) in [5, 5.41) is 0. The number of hydrogen-bond donors (Lipinski definition) is 3. The minimum absolute atomic E-state index is 0. The van der Waals surface area contributed by atoms with Gasteiger partial charge in [-0.1, -0.05) is 0 Å². The third-order valence-corrected chi connectivity index (χ3v) is 0. The molecule has 56 valence electrons. The van der Waals surface area contributed by atoms with Gasteiger partial charge in [-0.15, -0.1) is 0 Å². The summed E-state index contributed by atoms with van der Waals surface area (Å²) in [5.41, 5.74) is 0. The Labute approximate surface area is 71.2 Å². The number of hydrogen-bond acceptors (Lipinski definition) is 1. The van der Waals surface area contributed by atoms with Gasteiger partial charge in [-0.05, 0) is 0 Å². The van der Waals surface area contributed by atoms with Crippen LogP contribution in [0.3, 0.4) is 0 Å². The molecule has 0 amide bonds. The molecule has 0 aromatic rings. The minimum Gasteiger partial charge on any atom is -0.303 e. The van der Waals surface area contributed by atoms with E-state index in [-0.39, 0.29) is 44.0 Å². The summed E-state index contributed by atoms with van der Waals surface area (Å²) in [6.45, 7) is 0. The Kier molecular flexibility index (Phi) is 24.3. The van der Waals surface area contributed by atoms with E-state index in [1.165, 1.54) is 0 Å². The maximum atomic E-state index is 8.88. The molecule has 8 heavy (non-hydrogen) atoms. The average Bonchev–Trinajstić information content (AvgIpc) is 0.722. The fourth-order valence-corrected chi connectivity index (χ4v) is 0. The van der Waals surface area contributed by atoms with Gasteiger partial charge >= 0.3 is 7.82 Å². The molecule has 0 radical (unpaired) electrons. The van der Waals surface area contributed by atoms with E-state index in [9.17, 15) is 0 Å². The Balaban J connectivity index is -0.0000000267. The monoisotopic (exact) mass is 244 g/mol. The van der Waals surface area contributed by atoms with Crippen molar-refractivity contribution >= 4 is 17.7 Å². The molecule has 0 spiro atoms. The van der Waals surface area contributed by atoms with Gasteiger partial charge in [0.05, 0.1) is 0 Å². The standard InChI is InChI=1S/2Fe.H3O4P.H3P/c;;1-5(2,3)4;/h;;(H3,1,2,3,4);1H3. The summed E-state index contributed by atoms with van der Waals surface area (Å²) >= 11 is 0. The molecule has 0 aliphatic rings. The Morgan fingerprint density at radius 2 is 1.00 bits per heavy atom. The Hall–Kier alpha value is 1.58. The molecule has 0 saturated heterocycles. The molecule has 0 fully saturated rings. The Bertz CT molecular complexity index is 58.2. The van der Waals surface area contributed by atoms with Gasteiger partial charge in [-0.25, -0.2) is 4.57 Å². The molecule has 0 rings (SSSR count). The average molecular weight is 244 g/mol. The van der Waals surface area contributed by atoms with Crippen LogP contribution in [0.15, 0.2) is 0 Å². The van der Waals surface area contributed by atoms with Gasteiger partial charge in [0.15, 0.2) is 0 Å². The second-order valence-electron chi connectivity index (χ2n) is 0.513. The van der Waals surface area contributed by atoms with Crippen molar-refractivity contribution in [1.29, 1.82) is 0 Å². The summed E-state index contributed by atoms with van der Waals surface area (Å²) in [4.78, 5) is 21.6. The molecule has 1 unspecified atom stereocenters. The fraction of sp³-hybridized carbons (Fsp3) is 0. The Morgan fingerprint density at radius 1 is 1.00 bits per heavy atom. The quantitative estimate of drug-likeness (QED) is 0.382. The molecule has 0 heterocycles. The van der Waals surface area contributed by atoms with Gasteiger partial charge in [0.25, 0.3) is 0 Å². The summed E-state index contributed by atoms with van der Waals surface area (Å²) < 4.78 is 8.88. The van der Waals surface area contributed by atoms with E-state index >= 15 is 0 Å². The van der Waals surface area contributed by atoms with E-state index in [4.69, 9.17) is 19.2 Å². The first-order chi connectivity index (χ1) is 2.00. The van der Waals surface area contributed by atoms with Gasteiger partial charge in [0.2, 0.25) is 0 Å². The van der Waals surface area contributed by atoms with E-state index in [2.05, 4.69) is 0 Å². The van der Waals surface area contributed by atoms with Crippen LogP contribution in [0.25, 0.3) is 0 Å². The van der Waals surface area contributed by atoms with E-state index in [1.54, 1.807) is 0 Å². The second kappa shape index (κ2) is 8.58. The van der Waals surface area contributed by atoms with Crippen LogP contribution in [0.2, 0.25) is 0 Å². The van der Waals surface area contributed by atoms with Crippen molar-refractivity contribution in [3.05, 3.63) is 0 Å². The first kappa shape index (κ1) is 22.7. The van der Waals surface area contributed by atoms with Crippen molar-refractivity contribution in [3.8, 4) is 0 Å². The molecule has 0 aliphatic heterocycles. The van der Waals surface area contributed by atoms with Crippen molar-refractivity contribution in [2.24, 2.45) is 0 Å². The number of phosphoric acid groups is 1. The van der Waals surface area contributed by atoms with Crippen molar-refractivity contribution in [2.45, 2.75) is 0 Å². The summed E-state index contributed by atoms with van der Waals surface area (Å²) in [6, 6.07) is 0. The molecular weight excluding hydrogens is 238 g/mol. The molecular formula is H6Fe2O4P2. The van der Waals surface area contributed by atoms with Crippen LogP contribution in [-0.2, 0) is 38.7 Å². The zero-order valence-electron chi connectivity index (χ0n) is 3.61. The van der Waals surface area contributed by atoms with Crippen molar-refractivity contribution in [3.63, 3.8) is 0 Å². The van der Waals surface area contributed by atoms with E-state index in [0.717, 1.165) is 0 Å². The van der Waals surface area contributed by atoms with Crippen molar-refractivity contribution in [2.75, 3.05) is 0 Å². The van der Waals surface area contributed by atoms with Gasteiger partial charge in [-0.2, -0.15) is 9.90 Å². The zero-order chi connectivity index (χ0) is 4.50. The molecule has 0 aromatic carbocycles. The summed E-state index contributed by atoms with van der Waals surface area (Å²) in [7, 11) is -4.64. The zero-order valence-corrected chi connectivity index (χ0v) is 8.13. The van der Waals surface area contributed by atoms with Crippen LogP contribution in [0.1, 0.15) is 0 Å². The van der Waals surface area contributed by atoms with E-state index in [0.29, 0.717) is 0 Å². The SMILES string of the molecule is O=P(O)(O)O.P.[Fe].[Fe]. The molecule has 0 saturated carbocycles. The third kappa shape index (κ3) is 132. The molecule has 0 aromatic heterocycles. The minimum atomic E-state index is -4.64. The van der Waals surface area contributed by atoms with Gasteiger partial charge in [-0.3, -0.25) is 0 Å². The first-order valence-electron chi connectivity index (χ1n) is 0.783. The fourth-order valence-electron chi connectivity index (χ4n) is 0. The van der Waals surface area contributed by atoms with Crippen LogP contribution in [0.5, 0.6) is 0 Å². The maximum absolute atomic E-state index is 8.88. The predicted octanol–water partition coefficient (Wildman–Crippen LogP) is -0.875. The molecule has 0 bridgehead atoms. The van der Waals surface area contributed by atoms with Crippen LogP contribution >= 0.6 is 17.7 Å². The number of rotatable bonds is 0. The van der Waals surface area contributed by atoms with Crippen LogP contribution in [0, 0.1) is 0 Å². The van der Waals surface area contributed by atoms with Crippen molar-refractivity contribution in [1.82, 2.24) is 0 Å². The topological polar surface area (TPSA) is 77.8 Å². The molecule has 3 N–H and O–H groups in total. The van der Waals surface area contributed by atoms with E-state index in [1.807, 2.05) is 0 Å². The van der Waals surface area contributed by atoms with Crippen LogP contribution < -0.4 is 0 Å². The van der Waals surface area contributed by atoms with Gasteiger partial charge in [0, 0.05) is 34.1 Å². The second-order valence-corrected chi connectivity index (χ2v) is 1.54. The van der Waals surface area contributed by atoms with Crippen molar-refractivity contribution < 1.29 is 53.4 Å². The largest absolute Gasteiger partial charge is 0.466 e. The van der Waals surface area contributed by atoms with Crippen LogP contribution in [0.4, 0.5) is 0 Å². The van der Waals surface area contributed by atoms with Gasteiger partial charge in [0.1, 0.15) is 0 Å². The predicted molar refractivity (Wildman–Crippen MR) is 25.4 cm³/mol. The molecule has 0 aliphatic carbocycles. The summed E-state index contributed by atoms with van der Waals surface area (Å²) in [5.74, 6) is 0. The Morgan fingerprint density at radius 3 is 1.00 bits per heavy atom. The smallest absolute Gasteiger partial charge is 0.303 e. The van der Waals surface area contributed by atoms with Gasteiger partial charge < -0.3 is 14.7 Å². The third-order valence-electron chi connectivity index (χ3n) is 0. The first-order valence-corrected chi connectivity index (χ1v) is 2.35. The molecule has 4 nitrogen and oxygen atoms in total. The molecule has 8 heteroatoms. The summed E-state index contributed by atoms with van der Waals surface area (Å²) in [6.07, 6.45) is 0. The van der Waals surface area contributed by atoms with Crippen LogP contribution in [-0.4, -0.2) is 14.7 Å². The molecule has 1 atom stereocenters.